The minimum Gasteiger partial charge on any atom is -0.491 e. The fourth-order valence-electron chi connectivity index (χ4n) is 1.76. The Labute approximate surface area is 109 Å². The molecule has 4 heteroatoms. The van der Waals surface area contributed by atoms with Crippen LogP contribution in [0.5, 0.6) is 5.75 Å². The third-order valence-corrected chi connectivity index (χ3v) is 2.98. The Morgan fingerprint density at radius 3 is 2.61 bits per heavy atom. The highest BCUT2D eigenvalue weighted by Gasteiger charge is 2.31. The maximum atomic E-state index is 11.5. The van der Waals surface area contributed by atoms with E-state index in [1.54, 1.807) is 6.92 Å². The predicted molar refractivity (Wildman–Crippen MR) is 72.6 cm³/mol. The lowest BCUT2D eigenvalue weighted by Crippen LogP contribution is -2.57. The van der Waals surface area contributed by atoms with E-state index in [4.69, 9.17) is 10.5 Å². The van der Waals surface area contributed by atoms with Crippen LogP contribution in [0.4, 0.5) is 0 Å². The Morgan fingerprint density at radius 2 is 2.06 bits per heavy atom. The van der Waals surface area contributed by atoms with Crippen LogP contribution in [-0.2, 0) is 11.2 Å². The number of likely N-dealkylation sites (N-methyl/N-ethyl adjacent to an activating group) is 1. The van der Waals surface area contributed by atoms with Crippen LogP contribution < -0.4 is 15.8 Å². The molecule has 0 bridgehead atoms. The topological polar surface area (TPSA) is 64.3 Å². The summed E-state index contributed by atoms with van der Waals surface area (Å²) in [6.45, 7) is 6.65. The van der Waals surface area contributed by atoms with Crippen LogP contribution in [0.25, 0.3) is 0 Å². The molecule has 0 aliphatic rings. The van der Waals surface area contributed by atoms with E-state index in [1.807, 2.05) is 31.2 Å². The molecule has 0 saturated carbocycles. The van der Waals surface area contributed by atoms with Gasteiger partial charge in [-0.1, -0.05) is 32.0 Å². The van der Waals surface area contributed by atoms with Crippen molar-refractivity contribution < 1.29 is 9.53 Å². The lowest BCUT2D eigenvalue weighted by atomic mass is 10.0. The van der Waals surface area contributed by atoms with Gasteiger partial charge in [0.1, 0.15) is 17.9 Å². The van der Waals surface area contributed by atoms with Gasteiger partial charge in [0.2, 0.25) is 5.91 Å². The molecular weight excluding hydrogens is 228 g/mol. The van der Waals surface area contributed by atoms with Crippen LogP contribution in [0.3, 0.4) is 0 Å². The van der Waals surface area contributed by atoms with E-state index < -0.39 is 11.4 Å². The average molecular weight is 250 g/mol. The molecular formula is C14H22N2O2. The smallest absolute Gasteiger partial charge is 0.240 e. The van der Waals surface area contributed by atoms with Gasteiger partial charge in [-0.15, -0.1) is 0 Å². The van der Waals surface area contributed by atoms with Gasteiger partial charge in [0.25, 0.3) is 0 Å². The molecule has 3 N–H and O–H groups in total. The van der Waals surface area contributed by atoms with E-state index in [9.17, 15) is 4.79 Å². The standard InChI is InChI=1S/C14H22N2O2/c1-4-11-8-6-7-9-12(11)18-10-14(3,13(15)17)16-5-2/h6-9,16H,4-5,10H2,1-3H3,(H2,15,17). The fraction of sp³-hybridized carbons (Fsp3) is 0.500. The first-order chi connectivity index (χ1) is 8.53. The molecule has 0 aliphatic carbocycles. The van der Waals surface area contributed by atoms with Gasteiger partial charge >= 0.3 is 0 Å². The Balaban J connectivity index is 2.76. The number of nitrogens with two attached hydrogens (primary N) is 1. The van der Waals surface area contributed by atoms with Crippen molar-refractivity contribution in [2.75, 3.05) is 13.2 Å². The summed E-state index contributed by atoms with van der Waals surface area (Å²) in [5, 5.41) is 3.07. The van der Waals surface area contributed by atoms with Crippen molar-refractivity contribution in [1.29, 1.82) is 0 Å². The molecule has 100 valence electrons. The van der Waals surface area contributed by atoms with E-state index in [2.05, 4.69) is 12.2 Å². The van der Waals surface area contributed by atoms with E-state index in [-0.39, 0.29) is 6.61 Å². The Morgan fingerprint density at radius 1 is 1.39 bits per heavy atom. The molecule has 1 amide bonds. The summed E-state index contributed by atoms with van der Waals surface area (Å²) < 4.78 is 5.74. The van der Waals surface area contributed by atoms with Crippen molar-refractivity contribution >= 4 is 5.91 Å². The van der Waals surface area contributed by atoms with E-state index in [0.717, 1.165) is 17.7 Å². The summed E-state index contributed by atoms with van der Waals surface area (Å²) in [5.41, 5.74) is 5.70. The van der Waals surface area contributed by atoms with Gasteiger partial charge in [0.15, 0.2) is 0 Å². The molecule has 0 saturated heterocycles. The quantitative estimate of drug-likeness (QED) is 0.770. The number of carbonyl (C=O) groups excluding carboxylic acids is 1. The zero-order valence-electron chi connectivity index (χ0n) is 11.3. The zero-order chi connectivity index (χ0) is 13.6. The van der Waals surface area contributed by atoms with E-state index in [1.165, 1.54) is 0 Å². The molecule has 0 aromatic heterocycles. The summed E-state index contributed by atoms with van der Waals surface area (Å²) >= 11 is 0. The summed E-state index contributed by atoms with van der Waals surface area (Å²) in [4.78, 5) is 11.5. The van der Waals surface area contributed by atoms with Crippen LogP contribution >= 0.6 is 0 Å². The zero-order valence-corrected chi connectivity index (χ0v) is 11.3. The number of primary amides is 1. The molecule has 0 spiro atoms. The summed E-state index contributed by atoms with van der Waals surface area (Å²) in [5.74, 6) is 0.406. The van der Waals surface area contributed by atoms with Gasteiger partial charge in [-0.25, -0.2) is 0 Å². The average Bonchev–Trinajstić information content (AvgIpc) is 2.37. The third-order valence-electron chi connectivity index (χ3n) is 2.98. The fourth-order valence-corrected chi connectivity index (χ4v) is 1.76. The molecule has 0 aliphatic heterocycles. The monoisotopic (exact) mass is 250 g/mol. The Hall–Kier alpha value is -1.55. The molecule has 1 rings (SSSR count). The Bertz CT molecular complexity index is 407. The van der Waals surface area contributed by atoms with Crippen molar-refractivity contribution in [3.05, 3.63) is 29.8 Å². The van der Waals surface area contributed by atoms with Crippen molar-refractivity contribution in [2.45, 2.75) is 32.7 Å². The lowest BCUT2D eigenvalue weighted by Gasteiger charge is -2.27. The van der Waals surface area contributed by atoms with Gasteiger partial charge in [-0.05, 0) is 31.5 Å². The van der Waals surface area contributed by atoms with Gasteiger partial charge in [0, 0.05) is 0 Å². The Kier molecular flexibility index (Phi) is 5.16. The number of carbonyl (C=O) groups is 1. The highest BCUT2D eigenvalue weighted by molar-refractivity contribution is 5.84. The van der Waals surface area contributed by atoms with Crippen molar-refractivity contribution in [3.8, 4) is 5.75 Å². The number of amides is 1. The van der Waals surface area contributed by atoms with E-state index >= 15 is 0 Å². The van der Waals surface area contributed by atoms with Crippen molar-refractivity contribution in [2.24, 2.45) is 5.73 Å². The maximum absolute atomic E-state index is 11.5. The highest BCUT2D eigenvalue weighted by atomic mass is 16.5. The van der Waals surface area contributed by atoms with Crippen LogP contribution in [-0.4, -0.2) is 24.6 Å². The number of aryl methyl sites for hydroxylation is 1. The first kappa shape index (κ1) is 14.5. The first-order valence-electron chi connectivity index (χ1n) is 6.29. The minimum absolute atomic E-state index is 0.229. The molecule has 0 radical (unpaired) electrons. The van der Waals surface area contributed by atoms with Gasteiger partial charge < -0.3 is 15.8 Å². The molecule has 4 nitrogen and oxygen atoms in total. The number of para-hydroxylation sites is 1. The number of rotatable bonds is 7. The van der Waals surface area contributed by atoms with Gasteiger partial charge in [0.05, 0.1) is 0 Å². The minimum atomic E-state index is -0.838. The lowest BCUT2D eigenvalue weighted by molar-refractivity contribution is -0.124. The highest BCUT2D eigenvalue weighted by Crippen LogP contribution is 2.19. The van der Waals surface area contributed by atoms with Crippen LogP contribution in [0.1, 0.15) is 26.3 Å². The van der Waals surface area contributed by atoms with Crippen LogP contribution in [0.15, 0.2) is 24.3 Å². The van der Waals surface area contributed by atoms with Gasteiger partial charge in [-0.2, -0.15) is 0 Å². The molecule has 18 heavy (non-hydrogen) atoms. The first-order valence-corrected chi connectivity index (χ1v) is 6.29. The van der Waals surface area contributed by atoms with Gasteiger partial charge in [-0.3, -0.25) is 4.79 Å². The number of hydrogen-bond acceptors (Lipinski definition) is 3. The number of benzene rings is 1. The van der Waals surface area contributed by atoms with Crippen LogP contribution in [0, 0.1) is 0 Å². The largest absolute Gasteiger partial charge is 0.491 e. The SMILES string of the molecule is CCNC(C)(COc1ccccc1CC)C(N)=O. The second-order valence-corrected chi connectivity index (χ2v) is 4.48. The summed E-state index contributed by atoms with van der Waals surface area (Å²) in [6, 6.07) is 7.82. The van der Waals surface area contributed by atoms with E-state index in [0.29, 0.717) is 6.54 Å². The molecule has 0 fully saturated rings. The number of hydrogen-bond donors (Lipinski definition) is 2. The number of ether oxygens (including phenoxy) is 1. The maximum Gasteiger partial charge on any atom is 0.240 e. The normalized spacial score (nSPS) is 13.9. The summed E-state index contributed by atoms with van der Waals surface area (Å²) in [7, 11) is 0. The van der Waals surface area contributed by atoms with Crippen molar-refractivity contribution in [1.82, 2.24) is 5.32 Å². The molecule has 1 unspecified atom stereocenters. The number of nitrogens with one attached hydrogen (secondary N) is 1. The van der Waals surface area contributed by atoms with Crippen molar-refractivity contribution in [3.63, 3.8) is 0 Å². The second kappa shape index (κ2) is 6.40. The summed E-state index contributed by atoms with van der Waals surface area (Å²) in [6.07, 6.45) is 0.894. The second-order valence-electron chi connectivity index (χ2n) is 4.48. The molecule has 0 heterocycles. The predicted octanol–water partition coefficient (Wildman–Crippen LogP) is 1.48. The van der Waals surface area contributed by atoms with Crippen LogP contribution in [0.2, 0.25) is 0 Å². The molecule has 1 aromatic carbocycles. The molecule has 1 atom stereocenters. The third kappa shape index (κ3) is 3.47. The molecule has 1 aromatic rings.